The van der Waals surface area contributed by atoms with Crippen molar-refractivity contribution in [3.8, 4) is 90.6 Å². The summed E-state index contributed by atoms with van der Waals surface area (Å²) in [5.41, 5.74) is 16.9. The summed E-state index contributed by atoms with van der Waals surface area (Å²) in [5, 5.41) is 19.6. The highest BCUT2D eigenvalue weighted by atomic mass is 35.5. The van der Waals surface area contributed by atoms with Crippen molar-refractivity contribution >= 4 is 132 Å². The minimum absolute atomic E-state index is 0.202. The monoisotopic (exact) mass is 1560 g/mol. The molecule has 0 radical (unpaired) electrons. The molecule has 570 valence electrons. The molecule has 0 aliphatic carbocycles. The van der Waals surface area contributed by atoms with E-state index in [1.807, 2.05) is 97.1 Å². The second kappa shape index (κ2) is 30.2. The maximum Gasteiger partial charge on any atom is 0.495 e. The van der Waals surface area contributed by atoms with E-state index in [-0.39, 0.29) is 5.28 Å². The van der Waals surface area contributed by atoms with Crippen LogP contribution in [0.4, 0.5) is 0 Å². The first-order valence-corrected chi connectivity index (χ1v) is 41.0. The van der Waals surface area contributed by atoms with Gasteiger partial charge in [-0.15, -0.1) is 0 Å². The molecular weight excluding hydrogens is 1490 g/mol. The number of para-hydroxylation sites is 4. The quantitative estimate of drug-likeness (QED) is 0.0985. The van der Waals surface area contributed by atoms with Crippen molar-refractivity contribution in [1.82, 2.24) is 39.0 Å². The van der Waals surface area contributed by atoms with Crippen LogP contribution in [0.1, 0.15) is 27.7 Å². The molecule has 10 nitrogen and oxygen atoms in total. The Morgan fingerprint density at radius 2 is 0.525 bits per heavy atom. The van der Waals surface area contributed by atoms with E-state index in [1.165, 1.54) is 125 Å². The van der Waals surface area contributed by atoms with E-state index >= 15 is 0 Å². The molecule has 0 N–H and O–H groups in total. The summed E-state index contributed by atoms with van der Waals surface area (Å²) in [6.45, 7) is 8.47. The predicted molar refractivity (Wildman–Crippen MR) is 499 cm³/mol. The van der Waals surface area contributed by atoms with Crippen molar-refractivity contribution in [1.29, 1.82) is 0 Å². The number of rotatable bonds is 10. The van der Waals surface area contributed by atoms with Crippen LogP contribution in [0.15, 0.2) is 388 Å². The number of fused-ring (bicyclic) bond motifs is 18. The molecule has 18 aromatic carbocycles. The third-order valence-corrected chi connectivity index (χ3v) is 24.1. The first-order valence-electron chi connectivity index (χ1n) is 40.6. The summed E-state index contributed by atoms with van der Waals surface area (Å²) >= 11 is 5.99. The van der Waals surface area contributed by atoms with Gasteiger partial charge >= 0.3 is 7.12 Å². The smallest absolute Gasteiger partial charge is 0.399 e. The highest BCUT2D eigenvalue weighted by Crippen LogP contribution is 2.46. The Labute approximate surface area is 699 Å². The van der Waals surface area contributed by atoms with Gasteiger partial charge in [-0.25, -0.2) is 19.9 Å². The SMILES string of the molecule is CC1(C)OB(c2cccc3c4ccccc4c4cc(-c5ccc6c(c5)c5ccccc5n6-c5ccccc5)ccc4c23)OC1(C)C.Clc1nc(-c2ccccc2)nc(-c2ccccc2)n1.c1ccc(-c2nc(-c3ccccc3)nc(-c3cccc4c5ccccc5c5cc(-c6ccc7c(c6)c6ccccc6n7-c6ccccc6)ccc5c34)n2)cc1. The van der Waals surface area contributed by atoms with Gasteiger partial charge in [-0.05, 0) is 199 Å². The molecule has 1 saturated heterocycles. The summed E-state index contributed by atoms with van der Waals surface area (Å²) in [4.78, 5) is 28.1. The average molecular weight is 1560 g/mol. The lowest BCUT2D eigenvalue weighted by Crippen LogP contribution is -2.41. The fourth-order valence-electron chi connectivity index (χ4n) is 17.5. The van der Waals surface area contributed by atoms with E-state index in [0.29, 0.717) is 29.1 Å². The fourth-order valence-corrected chi connectivity index (χ4v) is 17.6. The Bertz CT molecular complexity index is 7610. The lowest BCUT2D eigenvalue weighted by molar-refractivity contribution is 0.00578. The number of benzene rings is 18. The van der Waals surface area contributed by atoms with Gasteiger partial charge in [0.2, 0.25) is 5.28 Å². The molecule has 1 fully saturated rings. The van der Waals surface area contributed by atoms with E-state index in [4.69, 9.17) is 35.9 Å². The molecular formula is C108H76BClN8O2. The Morgan fingerprint density at radius 3 is 0.942 bits per heavy atom. The van der Waals surface area contributed by atoms with Crippen LogP contribution in [0.5, 0.6) is 0 Å². The van der Waals surface area contributed by atoms with Crippen LogP contribution in [-0.4, -0.2) is 57.4 Å². The average Bonchev–Trinajstić information content (AvgIpc) is 0.801. The van der Waals surface area contributed by atoms with Gasteiger partial charge in [0.05, 0.1) is 33.3 Å². The van der Waals surface area contributed by atoms with Gasteiger partial charge in [0.25, 0.3) is 0 Å². The summed E-state index contributed by atoms with van der Waals surface area (Å²) in [7, 11) is -0.443. The zero-order valence-electron chi connectivity index (χ0n) is 66.3. The Kier molecular flexibility index (Phi) is 18.4. The molecule has 120 heavy (non-hydrogen) atoms. The standard InChI is InChI=1S/C51H32N4.C42H34BNO2.C15H10ClN3/c1-4-15-33(16-5-1)49-52-50(34-17-6-2-7-18-34)54-51(53-49)43-25-14-24-41-38-21-10-11-22-39(38)44-31-35(27-29-42(44)48(41)43)36-28-30-47-45(32-36)40-23-12-13-26-46(40)55(47)37-19-8-3-9-20-37;1-41(2)42(3,4)46-43(45-41)37-19-12-18-33-30-15-8-9-16-31(30)35-25-27(21-23-34(35)40(33)37)28-22-24-39-36(26-28)32-17-10-11-20-38(32)44(39)29-13-6-5-7-14-29;16-15-18-13(11-7-3-1-4-8-11)17-14(19-15)12-9-5-2-6-10-12/h1-32H;5-26H,1-4H3;1-10H. The van der Waals surface area contributed by atoms with Crippen molar-refractivity contribution in [2.45, 2.75) is 38.9 Å². The second-order valence-corrected chi connectivity index (χ2v) is 31.9. The number of aromatic nitrogens is 8. The second-order valence-electron chi connectivity index (χ2n) is 31.6. The maximum absolute atomic E-state index is 6.60. The van der Waals surface area contributed by atoms with Crippen molar-refractivity contribution in [2.24, 2.45) is 0 Å². The largest absolute Gasteiger partial charge is 0.495 e. The lowest BCUT2D eigenvalue weighted by Gasteiger charge is -2.32. The van der Waals surface area contributed by atoms with E-state index in [0.717, 1.165) is 49.7 Å². The van der Waals surface area contributed by atoms with Gasteiger partial charge in [0.15, 0.2) is 29.1 Å². The molecule has 0 amide bonds. The van der Waals surface area contributed by atoms with Gasteiger partial charge in [-0.2, -0.15) is 9.97 Å². The number of hydrogen-bond acceptors (Lipinski definition) is 8. The molecule has 23 rings (SSSR count). The van der Waals surface area contributed by atoms with Gasteiger partial charge in [0, 0.05) is 66.1 Å². The third-order valence-electron chi connectivity index (χ3n) is 23.9. The summed E-state index contributed by atoms with van der Waals surface area (Å²) in [5.74, 6) is 3.12. The summed E-state index contributed by atoms with van der Waals surface area (Å²) in [6.07, 6.45) is 0. The summed E-state index contributed by atoms with van der Waals surface area (Å²) < 4.78 is 17.9. The van der Waals surface area contributed by atoms with E-state index in [2.05, 4.69) is 343 Å². The predicted octanol–water partition coefficient (Wildman–Crippen LogP) is 27.2. The van der Waals surface area contributed by atoms with Gasteiger partial charge in [-0.1, -0.05) is 315 Å². The molecule has 5 heterocycles. The molecule has 22 aromatic rings. The van der Waals surface area contributed by atoms with Crippen molar-refractivity contribution in [2.75, 3.05) is 0 Å². The van der Waals surface area contributed by atoms with Crippen molar-refractivity contribution in [3.05, 3.63) is 394 Å². The molecule has 0 unspecified atom stereocenters. The molecule has 1 aliphatic rings. The molecule has 12 heteroatoms. The first kappa shape index (κ1) is 73.1. The van der Waals surface area contributed by atoms with Gasteiger partial charge < -0.3 is 18.4 Å². The van der Waals surface area contributed by atoms with Crippen LogP contribution in [0.2, 0.25) is 5.28 Å². The number of hydrogen-bond donors (Lipinski definition) is 0. The third kappa shape index (κ3) is 13.0. The van der Waals surface area contributed by atoms with Crippen molar-refractivity contribution < 1.29 is 9.31 Å². The minimum atomic E-state index is -0.443. The van der Waals surface area contributed by atoms with Crippen LogP contribution < -0.4 is 5.46 Å². The Balaban J connectivity index is 0.000000123. The van der Waals surface area contributed by atoms with Gasteiger partial charge in [-0.3, -0.25) is 0 Å². The van der Waals surface area contributed by atoms with E-state index < -0.39 is 18.3 Å². The first-order chi connectivity index (χ1) is 58.9. The number of nitrogens with zero attached hydrogens (tertiary/aromatic N) is 8. The lowest BCUT2D eigenvalue weighted by atomic mass is 9.74. The molecule has 4 aromatic heterocycles. The van der Waals surface area contributed by atoms with Crippen LogP contribution >= 0.6 is 11.6 Å². The Hall–Kier alpha value is -14.6. The van der Waals surface area contributed by atoms with Crippen LogP contribution in [0.3, 0.4) is 0 Å². The highest BCUT2D eigenvalue weighted by molar-refractivity contribution is 6.66. The minimum Gasteiger partial charge on any atom is -0.399 e. The maximum atomic E-state index is 6.60. The Morgan fingerprint density at radius 1 is 0.233 bits per heavy atom. The molecule has 0 spiro atoms. The van der Waals surface area contributed by atoms with Crippen LogP contribution in [0.25, 0.3) is 199 Å². The molecule has 0 atom stereocenters. The van der Waals surface area contributed by atoms with E-state index in [9.17, 15) is 0 Å². The molecule has 1 aliphatic heterocycles. The highest BCUT2D eigenvalue weighted by Gasteiger charge is 2.52. The molecule has 0 saturated carbocycles. The van der Waals surface area contributed by atoms with E-state index in [1.54, 1.807) is 0 Å². The van der Waals surface area contributed by atoms with Crippen LogP contribution in [0, 0.1) is 0 Å². The number of halogens is 1. The summed E-state index contributed by atoms with van der Waals surface area (Å²) in [6, 6.07) is 137. The topological polar surface area (TPSA) is 106 Å². The van der Waals surface area contributed by atoms with Gasteiger partial charge in [0.1, 0.15) is 0 Å². The zero-order valence-corrected chi connectivity index (χ0v) is 67.1. The fraction of sp³-hybridized carbons (Fsp3) is 0.0556. The van der Waals surface area contributed by atoms with Crippen LogP contribution in [-0.2, 0) is 9.31 Å². The normalized spacial score (nSPS) is 13.1. The van der Waals surface area contributed by atoms with Crippen molar-refractivity contribution in [3.63, 3.8) is 0 Å². The molecule has 0 bridgehead atoms. The zero-order chi connectivity index (χ0) is 80.6.